The number of aliphatic carboxylic acids is 1. The molecule has 2 aliphatic heterocycles. The molecule has 1 aromatic rings. The summed E-state index contributed by atoms with van der Waals surface area (Å²) in [4.78, 5) is 24.7. The summed E-state index contributed by atoms with van der Waals surface area (Å²) in [5, 5.41) is 9.06. The van der Waals surface area contributed by atoms with Gasteiger partial charge >= 0.3 is 5.97 Å². The van der Waals surface area contributed by atoms with Crippen LogP contribution in [0.4, 0.5) is 0 Å². The van der Waals surface area contributed by atoms with Crippen LogP contribution in [0.25, 0.3) is 0 Å². The van der Waals surface area contributed by atoms with E-state index in [1.165, 1.54) is 4.90 Å². The van der Waals surface area contributed by atoms with Gasteiger partial charge in [-0.05, 0) is 5.56 Å². The first kappa shape index (κ1) is 12.8. The van der Waals surface area contributed by atoms with Gasteiger partial charge < -0.3 is 19.5 Å². The van der Waals surface area contributed by atoms with Crippen LogP contribution in [0, 0.1) is 0 Å². The monoisotopic (exact) mass is 275 g/mol. The summed E-state index contributed by atoms with van der Waals surface area (Å²) in [5.41, 5.74) is 1.25. The predicted octanol–water partition coefficient (Wildman–Crippen LogP) is 0.737. The second-order valence-electron chi connectivity index (χ2n) is 4.68. The first-order chi connectivity index (χ1) is 9.58. The molecule has 3 atom stereocenters. The molecular formula is C14H13NO5. The molecule has 2 heterocycles. The molecular weight excluding hydrogens is 262 g/mol. The summed E-state index contributed by atoms with van der Waals surface area (Å²) in [6.45, 7) is 4.11. The van der Waals surface area contributed by atoms with Crippen molar-refractivity contribution >= 4 is 11.9 Å². The Labute approximate surface area is 115 Å². The van der Waals surface area contributed by atoms with Crippen molar-refractivity contribution in [3.05, 3.63) is 48.2 Å². The van der Waals surface area contributed by atoms with Crippen LogP contribution in [0.2, 0.25) is 0 Å². The van der Waals surface area contributed by atoms with Crippen molar-refractivity contribution in [3.8, 4) is 0 Å². The number of amides is 1. The second-order valence-corrected chi connectivity index (χ2v) is 4.68. The third-order valence-electron chi connectivity index (χ3n) is 3.39. The van der Waals surface area contributed by atoms with Gasteiger partial charge in [-0.25, -0.2) is 4.79 Å². The average Bonchev–Trinajstić information content (AvgIpc) is 2.85. The number of morpholine rings is 1. The van der Waals surface area contributed by atoms with Crippen molar-refractivity contribution in [2.45, 2.75) is 25.0 Å². The Morgan fingerprint density at radius 2 is 2.00 bits per heavy atom. The van der Waals surface area contributed by atoms with Gasteiger partial charge in [0.25, 0.3) is 5.91 Å². The second kappa shape index (κ2) is 4.73. The fourth-order valence-electron chi connectivity index (χ4n) is 2.37. The Morgan fingerprint density at radius 3 is 2.65 bits per heavy atom. The number of carboxylic acid groups (broad SMARTS) is 1. The molecule has 2 aliphatic rings. The van der Waals surface area contributed by atoms with E-state index >= 15 is 0 Å². The van der Waals surface area contributed by atoms with Crippen molar-refractivity contribution in [3.63, 3.8) is 0 Å². The van der Waals surface area contributed by atoms with Gasteiger partial charge in [-0.1, -0.05) is 36.9 Å². The third-order valence-corrected chi connectivity index (χ3v) is 3.39. The molecule has 0 spiro atoms. The molecule has 104 valence electrons. The highest BCUT2D eigenvalue weighted by atomic mass is 16.7. The van der Waals surface area contributed by atoms with Gasteiger partial charge in [0.15, 0.2) is 6.10 Å². The number of carboxylic acids is 1. The molecule has 0 aromatic heterocycles. The SMILES string of the molecule is C=C1[C@H]2O[C@@H](O[C@H]2C(=O)O)C(=O)N1Cc1ccccc1. The number of benzene rings is 1. The number of rotatable bonds is 3. The van der Waals surface area contributed by atoms with E-state index in [4.69, 9.17) is 14.6 Å². The Balaban J connectivity index is 1.85. The first-order valence-electron chi connectivity index (χ1n) is 6.16. The molecule has 2 fully saturated rings. The van der Waals surface area contributed by atoms with Crippen LogP contribution in [0.1, 0.15) is 5.56 Å². The lowest BCUT2D eigenvalue weighted by molar-refractivity contribution is -0.168. The highest BCUT2D eigenvalue weighted by molar-refractivity contribution is 5.85. The average molecular weight is 275 g/mol. The van der Waals surface area contributed by atoms with E-state index in [0.717, 1.165) is 5.56 Å². The fourth-order valence-corrected chi connectivity index (χ4v) is 2.37. The van der Waals surface area contributed by atoms with Crippen LogP contribution in [0.15, 0.2) is 42.6 Å². The maximum Gasteiger partial charge on any atom is 0.336 e. The lowest BCUT2D eigenvalue weighted by atomic mass is 10.1. The van der Waals surface area contributed by atoms with Crippen molar-refractivity contribution in [2.75, 3.05) is 0 Å². The maximum atomic E-state index is 12.2. The van der Waals surface area contributed by atoms with Crippen molar-refractivity contribution in [1.82, 2.24) is 4.90 Å². The highest BCUT2D eigenvalue weighted by Gasteiger charge is 2.52. The number of carbonyl (C=O) groups is 2. The quantitative estimate of drug-likeness (QED) is 0.880. The summed E-state index contributed by atoms with van der Waals surface area (Å²) < 4.78 is 10.4. The minimum Gasteiger partial charge on any atom is -0.479 e. The number of fused-ring (bicyclic) bond motifs is 2. The zero-order valence-corrected chi connectivity index (χ0v) is 10.6. The number of hydrogen-bond donors (Lipinski definition) is 1. The van der Waals surface area contributed by atoms with Gasteiger partial charge in [0.1, 0.15) is 6.10 Å². The van der Waals surface area contributed by atoms with Gasteiger partial charge in [-0.3, -0.25) is 4.79 Å². The van der Waals surface area contributed by atoms with E-state index in [-0.39, 0.29) is 0 Å². The molecule has 2 bridgehead atoms. The van der Waals surface area contributed by atoms with Crippen molar-refractivity contribution in [1.29, 1.82) is 0 Å². The normalized spacial score (nSPS) is 28.8. The van der Waals surface area contributed by atoms with Crippen molar-refractivity contribution < 1.29 is 24.2 Å². The van der Waals surface area contributed by atoms with Gasteiger partial charge in [-0.2, -0.15) is 0 Å². The molecule has 0 radical (unpaired) electrons. The standard InChI is InChI=1S/C14H13NO5/c1-8-10-11(13(17)18)20-14(19-10)12(16)15(8)7-9-5-3-2-4-6-9/h2-6,10-11,14H,1,7H2,(H,17,18)/t10-,11-,14+/m1/s1. The number of carbonyl (C=O) groups excluding carboxylic acids is 1. The molecule has 1 aromatic carbocycles. The van der Waals surface area contributed by atoms with Crippen LogP contribution >= 0.6 is 0 Å². The number of hydrogen-bond acceptors (Lipinski definition) is 4. The Morgan fingerprint density at radius 1 is 1.30 bits per heavy atom. The maximum absolute atomic E-state index is 12.2. The van der Waals surface area contributed by atoms with Crippen LogP contribution < -0.4 is 0 Å². The molecule has 1 N–H and O–H groups in total. The molecule has 20 heavy (non-hydrogen) atoms. The van der Waals surface area contributed by atoms with E-state index in [1.807, 2.05) is 30.3 Å². The van der Waals surface area contributed by atoms with E-state index in [0.29, 0.717) is 12.2 Å². The lowest BCUT2D eigenvalue weighted by Crippen LogP contribution is -2.46. The van der Waals surface area contributed by atoms with Crippen LogP contribution in [0.3, 0.4) is 0 Å². The Bertz CT molecular complexity index is 570. The topological polar surface area (TPSA) is 76.1 Å². The van der Waals surface area contributed by atoms with E-state index in [1.54, 1.807) is 0 Å². The van der Waals surface area contributed by atoms with E-state index in [9.17, 15) is 9.59 Å². The Hall–Kier alpha value is -2.18. The number of nitrogens with zero attached hydrogens (tertiary/aromatic N) is 1. The smallest absolute Gasteiger partial charge is 0.336 e. The number of ether oxygens (including phenoxy) is 2. The molecule has 6 nitrogen and oxygen atoms in total. The minimum atomic E-state index is -1.18. The zero-order chi connectivity index (χ0) is 14.3. The largest absolute Gasteiger partial charge is 0.479 e. The fraction of sp³-hybridized carbons (Fsp3) is 0.286. The molecule has 0 aliphatic carbocycles. The molecule has 1 amide bonds. The summed E-state index contributed by atoms with van der Waals surface area (Å²) in [6.07, 6.45) is -3.16. The zero-order valence-electron chi connectivity index (χ0n) is 10.6. The van der Waals surface area contributed by atoms with Crippen LogP contribution in [0.5, 0.6) is 0 Å². The van der Waals surface area contributed by atoms with Gasteiger partial charge in [0.2, 0.25) is 6.29 Å². The molecule has 2 saturated heterocycles. The lowest BCUT2D eigenvalue weighted by Gasteiger charge is -2.32. The van der Waals surface area contributed by atoms with Gasteiger partial charge in [-0.15, -0.1) is 0 Å². The predicted molar refractivity (Wildman–Crippen MR) is 67.3 cm³/mol. The molecule has 3 rings (SSSR count). The first-order valence-corrected chi connectivity index (χ1v) is 6.16. The van der Waals surface area contributed by atoms with Gasteiger partial charge in [0, 0.05) is 5.70 Å². The van der Waals surface area contributed by atoms with Crippen LogP contribution in [-0.4, -0.2) is 40.4 Å². The summed E-state index contributed by atoms with van der Waals surface area (Å²) in [7, 11) is 0. The van der Waals surface area contributed by atoms with Crippen LogP contribution in [-0.2, 0) is 25.6 Å². The Kier molecular flexibility index (Phi) is 3.04. The summed E-state index contributed by atoms with van der Waals surface area (Å²) in [6, 6.07) is 9.38. The third kappa shape index (κ3) is 1.99. The highest BCUT2D eigenvalue weighted by Crippen LogP contribution is 2.34. The summed E-state index contributed by atoms with van der Waals surface area (Å²) >= 11 is 0. The molecule has 6 heteroatoms. The van der Waals surface area contributed by atoms with Crippen molar-refractivity contribution in [2.24, 2.45) is 0 Å². The molecule has 0 saturated carbocycles. The van der Waals surface area contributed by atoms with E-state index in [2.05, 4.69) is 6.58 Å². The summed E-state index contributed by atoms with van der Waals surface area (Å²) in [5.74, 6) is -1.58. The molecule has 0 unspecified atom stereocenters. The minimum absolute atomic E-state index is 0.319. The van der Waals surface area contributed by atoms with E-state index < -0.39 is 30.4 Å². The van der Waals surface area contributed by atoms with Gasteiger partial charge in [0.05, 0.1) is 6.54 Å².